The summed E-state index contributed by atoms with van der Waals surface area (Å²) in [6.45, 7) is 4.10. The largest absolute Gasteiger partial charge is 0.381 e. The van der Waals surface area contributed by atoms with Crippen molar-refractivity contribution in [1.82, 2.24) is 15.1 Å². The van der Waals surface area contributed by atoms with Gasteiger partial charge in [0.2, 0.25) is 0 Å². The first-order valence-electron chi connectivity index (χ1n) is 6.47. The van der Waals surface area contributed by atoms with E-state index in [2.05, 4.69) is 20.4 Å². The molecule has 6 heteroatoms. The summed E-state index contributed by atoms with van der Waals surface area (Å²) in [5, 5.41) is 9.37. The van der Waals surface area contributed by atoms with Crippen molar-refractivity contribution in [2.24, 2.45) is 0 Å². The molecule has 0 radical (unpaired) electrons. The van der Waals surface area contributed by atoms with E-state index in [4.69, 9.17) is 11.6 Å². The number of aromatic nitrogens is 2. The third kappa shape index (κ3) is 3.71. The summed E-state index contributed by atoms with van der Waals surface area (Å²) in [5.41, 5.74) is 0.256. The molecule has 0 aromatic carbocycles. The summed E-state index contributed by atoms with van der Waals surface area (Å²) in [6.07, 6.45) is 6.80. The zero-order chi connectivity index (χ0) is 12.8. The molecule has 0 aliphatic carbocycles. The Bertz CT molecular complexity index is 426. The van der Waals surface area contributed by atoms with Gasteiger partial charge in [-0.3, -0.25) is 4.79 Å². The lowest BCUT2D eigenvalue weighted by atomic mass is 10.2. The second kappa shape index (κ2) is 6.75. The van der Waals surface area contributed by atoms with Gasteiger partial charge in [-0.1, -0.05) is 24.4 Å². The maximum absolute atomic E-state index is 11.2. The molecule has 100 valence electrons. The van der Waals surface area contributed by atoms with Crippen LogP contribution in [0.1, 0.15) is 25.7 Å². The number of halogens is 1. The molecular formula is C12H19ClN4O. The number of nitrogens with one attached hydrogen (secondary N) is 2. The lowest BCUT2D eigenvalue weighted by Gasteiger charge is -2.20. The number of hydrogen-bond donors (Lipinski definition) is 2. The van der Waals surface area contributed by atoms with Crippen molar-refractivity contribution in [3.8, 4) is 0 Å². The number of hydrogen-bond acceptors (Lipinski definition) is 4. The van der Waals surface area contributed by atoms with E-state index in [1.54, 1.807) is 6.20 Å². The lowest BCUT2D eigenvalue weighted by Crippen LogP contribution is -2.30. The maximum atomic E-state index is 11.2. The zero-order valence-electron chi connectivity index (χ0n) is 10.4. The van der Waals surface area contributed by atoms with E-state index in [1.165, 1.54) is 38.8 Å². The van der Waals surface area contributed by atoms with Gasteiger partial charge in [0, 0.05) is 13.1 Å². The number of rotatable bonds is 4. The van der Waals surface area contributed by atoms with Gasteiger partial charge in [0.05, 0.1) is 11.9 Å². The van der Waals surface area contributed by atoms with Gasteiger partial charge in [-0.15, -0.1) is 0 Å². The first kappa shape index (κ1) is 13.4. The van der Waals surface area contributed by atoms with Crippen molar-refractivity contribution < 1.29 is 0 Å². The molecule has 1 aliphatic rings. The van der Waals surface area contributed by atoms with E-state index in [1.807, 2.05) is 0 Å². The van der Waals surface area contributed by atoms with Crippen molar-refractivity contribution >= 4 is 17.3 Å². The lowest BCUT2D eigenvalue weighted by molar-refractivity contribution is 0.296. The second-order valence-corrected chi connectivity index (χ2v) is 4.99. The second-order valence-electron chi connectivity index (χ2n) is 4.61. The van der Waals surface area contributed by atoms with Crippen molar-refractivity contribution in [1.29, 1.82) is 0 Å². The van der Waals surface area contributed by atoms with E-state index in [0.29, 0.717) is 5.69 Å². The Kier molecular flexibility index (Phi) is 5.01. The van der Waals surface area contributed by atoms with Crippen LogP contribution in [0, 0.1) is 0 Å². The highest BCUT2D eigenvalue weighted by Gasteiger charge is 2.09. The topological polar surface area (TPSA) is 61.0 Å². The summed E-state index contributed by atoms with van der Waals surface area (Å²) in [6, 6.07) is 0. The fourth-order valence-corrected chi connectivity index (χ4v) is 2.37. The van der Waals surface area contributed by atoms with E-state index in [9.17, 15) is 4.79 Å². The number of likely N-dealkylation sites (tertiary alicyclic amines) is 1. The molecule has 1 aromatic rings. The van der Waals surface area contributed by atoms with Crippen LogP contribution in [-0.2, 0) is 0 Å². The van der Waals surface area contributed by atoms with Gasteiger partial charge in [-0.2, -0.15) is 5.10 Å². The SMILES string of the molecule is O=c1[nH]ncc(NCCN2CCCCCC2)c1Cl. The van der Waals surface area contributed by atoms with Crippen LogP contribution in [0.25, 0.3) is 0 Å². The predicted octanol–water partition coefficient (Wildman–Crippen LogP) is 1.71. The minimum Gasteiger partial charge on any atom is -0.381 e. The molecule has 2 N–H and O–H groups in total. The van der Waals surface area contributed by atoms with Crippen LogP contribution in [0.2, 0.25) is 5.02 Å². The van der Waals surface area contributed by atoms with Crippen LogP contribution >= 0.6 is 11.6 Å². The Hall–Kier alpha value is -1.07. The fourth-order valence-electron chi connectivity index (χ4n) is 2.22. The fraction of sp³-hybridized carbons (Fsp3) is 0.667. The molecule has 0 amide bonds. The minimum absolute atomic E-state index is 0.181. The Morgan fingerprint density at radius 2 is 2.06 bits per heavy atom. The first-order chi connectivity index (χ1) is 8.77. The Balaban J connectivity index is 1.80. The molecule has 0 spiro atoms. The molecule has 0 unspecified atom stereocenters. The molecule has 0 bridgehead atoms. The van der Waals surface area contributed by atoms with Gasteiger partial charge < -0.3 is 10.2 Å². The number of nitrogens with zero attached hydrogens (tertiary/aromatic N) is 2. The quantitative estimate of drug-likeness (QED) is 0.874. The summed E-state index contributed by atoms with van der Waals surface area (Å²) in [5.74, 6) is 0. The minimum atomic E-state index is -0.351. The van der Waals surface area contributed by atoms with Crippen LogP contribution in [0.5, 0.6) is 0 Å². The molecule has 2 rings (SSSR count). The third-order valence-electron chi connectivity index (χ3n) is 3.24. The van der Waals surface area contributed by atoms with Crippen molar-refractivity contribution in [3.63, 3.8) is 0 Å². The standard InChI is InChI=1S/C12H19ClN4O/c13-11-10(9-15-16-12(11)18)14-5-8-17-6-3-1-2-4-7-17/h9H,1-8H2,(H2,14,16,18). The molecule has 1 aliphatic heterocycles. The molecule has 18 heavy (non-hydrogen) atoms. The predicted molar refractivity (Wildman–Crippen MR) is 73.3 cm³/mol. The van der Waals surface area contributed by atoms with Gasteiger partial charge >= 0.3 is 0 Å². The summed E-state index contributed by atoms with van der Waals surface area (Å²) in [7, 11) is 0. The Morgan fingerprint density at radius 1 is 1.33 bits per heavy atom. The highest BCUT2D eigenvalue weighted by atomic mass is 35.5. The molecule has 1 aromatic heterocycles. The number of anilines is 1. The molecular weight excluding hydrogens is 252 g/mol. The van der Waals surface area contributed by atoms with Crippen LogP contribution in [-0.4, -0.2) is 41.3 Å². The number of H-pyrrole nitrogens is 1. The third-order valence-corrected chi connectivity index (χ3v) is 3.61. The highest BCUT2D eigenvalue weighted by molar-refractivity contribution is 6.32. The van der Waals surface area contributed by atoms with Gasteiger partial charge in [-0.05, 0) is 25.9 Å². The average Bonchev–Trinajstić information content (AvgIpc) is 2.63. The van der Waals surface area contributed by atoms with Crippen molar-refractivity contribution in [3.05, 3.63) is 21.6 Å². The molecule has 0 atom stereocenters. The van der Waals surface area contributed by atoms with E-state index in [0.717, 1.165) is 13.1 Å². The molecule has 0 saturated carbocycles. The van der Waals surface area contributed by atoms with Gasteiger partial charge in [0.1, 0.15) is 5.02 Å². The van der Waals surface area contributed by atoms with E-state index in [-0.39, 0.29) is 10.6 Å². The first-order valence-corrected chi connectivity index (χ1v) is 6.84. The summed E-state index contributed by atoms with van der Waals surface area (Å²) in [4.78, 5) is 13.7. The van der Waals surface area contributed by atoms with Crippen LogP contribution in [0.3, 0.4) is 0 Å². The van der Waals surface area contributed by atoms with E-state index >= 15 is 0 Å². The summed E-state index contributed by atoms with van der Waals surface area (Å²) >= 11 is 5.88. The number of aromatic amines is 1. The van der Waals surface area contributed by atoms with Crippen LogP contribution in [0.15, 0.2) is 11.0 Å². The van der Waals surface area contributed by atoms with Crippen molar-refractivity contribution in [2.75, 3.05) is 31.5 Å². The maximum Gasteiger partial charge on any atom is 0.285 e. The monoisotopic (exact) mass is 270 g/mol. The van der Waals surface area contributed by atoms with Gasteiger partial charge in [-0.25, -0.2) is 5.10 Å². The average molecular weight is 271 g/mol. The molecule has 5 nitrogen and oxygen atoms in total. The Labute approximate surface area is 112 Å². The zero-order valence-corrected chi connectivity index (χ0v) is 11.2. The molecule has 1 saturated heterocycles. The van der Waals surface area contributed by atoms with Crippen LogP contribution < -0.4 is 10.9 Å². The molecule has 2 heterocycles. The normalized spacial score (nSPS) is 17.4. The Morgan fingerprint density at radius 3 is 2.78 bits per heavy atom. The van der Waals surface area contributed by atoms with Gasteiger partial charge in [0.15, 0.2) is 0 Å². The highest BCUT2D eigenvalue weighted by Crippen LogP contribution is 2.14. The van der Waals surface area contributed by atoms with E-state index < -0.39 is 0 Å². The van der Waals surface area contributed by atoms with Crippen molar-refractivity contribution in [2.45, 2.75) is 25.7 Å². The molecule has 1 fully saturated rings. The van der Waals surface area contributed by atoms with Crippen LogP contribution in [0.4, 0.5) is 5.69 Å². The summed E-state index contributed by atoms with van der Waals surface area (Å²) < 4.78 is 0. The van der Waals surface area contributed by atoms with Gasteiger partial charge in [0.25, 0.3) is 5.56 Å². The smallest absolute Gasteiger partial charge is 0.285 e.